The van der Waals surface area contributed by atoms with Gasteiger partial charge < -0.3 is 23.9 Å². The van der Waals surface area contributed by atoms with Crippen LogP contribution in [-0.2, 0) is 20.7 Å². The zero-order valence-electron chi connectivity index (χ0n) is 21.5. The number of hydrogen-bond acceptors (Lipinski definition) is 7. The Balaban J connectivity index is 1.73. The second-order valence-corrected chi connectivity index (χ2v) is 8.94. The van der Waals surface area contributed by atoms with Gasteiger partial charge in [0, 0.05) is 6.54 Å². The molecule has 1 aliphatic heterocycles. The fraction of sp³-hybridized carbons (Fsp3) is 0.276. The first-order chi connectivity index (χ1) is 18.5. The van der Waals surface area contributed by atoms with Gasteiger partial charge in [-0.05, 0) is 48.7 Å². The van der Waals surface area contributed by atoms with Crippen LogP contribution in [0.25, 0.3) is 11.0 Å². The van der Waals surface area contributed by atoms with Crippen LogP contribution in [0.2, 0.25) is 0 Å². The Morgan fingerprint density at radius 3 is 2.32 bits per heavy atom. The molecule has 0 aliphatic carbocycles. The Labute approximate surface area is 220 Å². The number of rotatable bonds is 8. The number of phenols is 1. The topological polar surface area (TPSA) is 103 Å². The Morgan fingerprint density at radius 1 is 1.00 bits per heavy atom. The third-order valence-electron chi connectivity index (χ3n) is 6.80. The summed E-state index contributed by atoms with van der Waals surface area (Å²) in [5, 5.41) is 10.5. The van der Waals surface area contributed by atoms with Crippen molar-refractivity contribution in [3.05, 3.63) is 77.9 Å². The van der Waals surface area contributed by atoms with Gasteiger partial charge in [-0.2, -0.15) is 0 Å². The Bertz CT molecular complexity index is 1460. The fourth-order valence-corrected chi connectivity index (χ4v) is 5.03. The smallest absolute Gasteiger partial charge is 0.321 e. The predicted octanol–water partition coefficient (Wildman–Crippen LogP) is 4.12. The number of anilines is 1. The minimum absolute atomic E-state index is 0.124. The van der Waals surface area contributed by atoms with E-state index < -0.39 is 23.8 Å². The van der Waals surface area contributed by atoms with Crippen molar-refractivity contribution in [2.75, 3.05) is 32.3 Å². The molecule has 1 aromatic heterocycles. The highest BCUT2D eigenvalue weighted by molar-refractivity contribution is 6.08. The van der Waals surface area contributed by atoms with Crippen molar-refractivity contribution in [2.45, 2.75) is 19.4 Å². The lowest BCUT2D eigenvalue weighted by Gasteiger charge is -2.38. The van der Waals surface area contributed by atoms with Gasteiger partial charge in [0.25, 0.3) is 0 Å². The summed E-state index contributed by atoms with van der Waals surface area (Å²) in [6.07, 6.45) is 0.580. The number of imidazole rings is 1. The maximum atomic E-state index is 14.1. The number of carbonyl (C=O) groups is 2. The molecule has 1 amide bonds. The van der Waals surface area contributed by atoms with Gasteiger partial charge in [-0.15, -0.1) is 0 Å². The standard InChI is InChI=1S/C29H29N3O6/c1-4-38-28(35)24-25(19-16-22(36-2)26(33)23(17-19)37-3)32-21-13-9-8-12-20(21)30-29(32)31(27(24)34)15-14-18-10-6-5-7-11-18/h5-13,16-17,24-25,33H,4,14-15H2,1-3H3/t24-,25-/m1/s1. The first kappa shape index (κ1) is 25.1. The third-order valence-corrected chi connectivity index (χ3v) is 6.80. The van der Waals surface area contributed by atoms with Crippen molar-refractivity contribution in [1.29, 1.82) is 0 Å². The summed E-state index contributed by atoms with van der Waals surface area (Å²) < 4.78 is 18.1. The molecular formula is C29H29N3O6. The maximum Gasteiger partial charge on any atom is 0.321 e. The predicted molar refractivity (Wildman–Crippen MR) is 142 cm³/mol. The number of methoxy groups -OCH3 is 2. The average Bonchev–Trinajstić information content (AvgIpc) is 3.32. The van der Waals surface area contributed by atoms with Crippen LogP contribution in [0.3, 0.4) is 0 Å². The number of fused-ring (bicyclic) bond motifs is 3. The van der Waals surface area contributed by atoms with Crippen LogP contribution in [0.1, 0.15) is 24.1 Å². The second kappa shape index (κ2) is 10.5. The van der Waals surface area contributed by atoms with Crippen molar-refractivity contribution in [3.63, 3.8) is 0 Å². The van der Waals surface area contributed by atoms with Crippen LogP contribution in [-0.4, -0.2) is 53.9 Å². The molecule has 5 rings (SSSR count). The van der Waals surface area contributed by atoms with E-state index in [1.54, 1.807) is 24.0 Å². The maximum absolute atomic E-state index is 14.1. The number of para-hydroxylation sites is 2. The average molecular weight is 516 g/mol. The highest BCUT2D eigenvalue weighted by Crippen LogP contribution is 2.46. The van der Waals surface area contributed by atoms with Crippen LogP contribution >= 0.6 is 0 Å². The number of benzene rings is 3. The summed E-state index contributed by atoms with van der Waals surface area (Å²) in [4.78, 5) is 34.0. The summed E-state index contributed by atoms with van der Waals surface area (Å²) in [5.74, 6) is -1.66. The Kier molecular flexibility index (Phi) is 6.91. The van der Waals surface area contributed by atoms with Crippen LogP contribution < -0.4 is 14.4 Å². The minimum atomic E-state index is -1.20. The first-order valence-electron chi connectivity index (χ1n) is 12.4. The van der Waals surface area contributed by atoms with E-state index in [4.69, 9.17) is 19.2 Å². The normalized spacial score (nSPS) is 16.8. The number of amides is 1. The highest BCUT2D eigenvalue weighted by atomic mass is 16.5. The van der Waals surface area contributed by atoms with Crippen LogP contribution in [0.5, 0.6) is 17.2 Å². The Hall–Kier alpha value is -4.53. The van der Waals surface area contributed by atoms with Gasteiger partial charge in [0.15, 0.2) is 17.4 Å². The van der Waals surface area contributed by atoms with Gasteiger partial charge in [0.05, 0.1) is 37.9 Å². The molecule has 38 heavy (non-hydrogen) atoms. The number of nitrogens with zero attached hydrogens (tertiary/aromatic N) is 3. The quantitative estimate of drug-likeness (QED) is 0.278. The zero-order valence-corrected chi connectivity index (χ0v) is 21.5. The third kappa shape index (κ3) is 4.30. The van der Waals surface area contributed by atoms with Crippen molar-refractivity contribution < 1.29 is 28.9 Å². The summed E-state index contributed by atoms with van der Waals surface area (Å²) in [5.41, 5.74) is 3.04. The number of aromatic hydroxyl groups is 1. The van der Waals surface area contributed by atoms with E-state index in [1.165, 1.54) is 14.2 Å². The van der Waals surface area contributed by atoms with Crippen LogP contribution in [0, 0.1) is 5.92 Å². The summed E-state index contributed by atoms with van der Waals surface area (Å²) >= 11 is 0. The van der Waals surface area contributed by atoms with Crippen molar-refractivity contribution in [2.24, 2.45) is 5.92 Å². The van der Waals surface area contributed by atoms with Crippen molar-refractivity contribution >= 4 is 28.9 Å². The molecule has 0 fully saturated rings. The molecule has 1 N–H and O–H groups in total. The summed E-state index contributed by atoms with van der Waals surface area (Å²) in [6, 6.07) is 19.8. The van der Waals surface area contributed by atoms with E-state index in [0.29, 0.717) is 30.0 Å². The SMILES string of the molecule is CCOC(=O)[C@H]1C(=O)N(CCc2ccccc2)c2nc3ccccc3n2[C@@H]1c1cc(OC)c(O)c(OC)c1. The number of hydrogen-bond donors (Lipinski definition) is 1. The molecule has 2 atom stereocenters. The van der Waals surface area contributed by atoms with Crippen LogP contribution in [0.15, 0.2) is 66.7 Å². The molecule has 0 unspecified atom stereocenters. The molecule has 9 nitrogen and oxygen atoms in total. The fourth-order valence-electron chi connectivity index (χ4n) is 5.03. The summed E-state index contributed by atoms with van der Waals surface area (Å²) in [6.45, 7) is 2.16. The van der Waals surface area contributed by atoms with Gasteiger partial charge in [-0.3, -0.25) is 14.5 Å². The molecule has 0 saturated carbocycles. The van der Waals surface area contributed by atoms with Gasteiger partial charge in [0.2, 0.25) is 17.6 Å². The molecule has 1 aliphatic rings. The molecule has 0 radical (unpaired) electrons. The molecule has 0 saturated heterocycles. The minimum Gasteiger partial charge on any atom is -0.502 e. The van der Waals surface area contributed by atoms with E-state index in [-0.39, 0.29) is 23.9 Å². The van der Waals surface area contributed by atoms with E-state index in [1.807, 2.05) is 59.2 Å². The highest BCUT2D eigenvalue weighted by Gasteiger charge is 2.48. The number of esters is 1. The zero-order chi connectivity index (χ0) is 26.8. The van der Waals surface area contributed by atoms with Gasteiger partial charge in [-0.25, -0.2) is 4.98 Å². The van der Waals surface area contributed by atoms with Crippen molar-refractivity contribution in [3.8, 4) is 17.2 Å². The Morgan fingerprint density at radius 2 is 1.66 bits per heavy atom. The van der Waals surface area contributed by atoms with E-state index in [9.17, 15) is 14.7 Å². The molecular weight excluding hydrogens is 486 g/mol. The summed E-state index contributed by atoms with van der Waals surface area (Å²) in [7, 11) is 2.85. The van der Waals surface area contributed by atoms with E-state index in [2.05, 4.69) is 0 Å². The van der Waals surface area contributed by atoms with Gasteiger partial charge >= 0.3 is 5.97 Å². The molecule has 2 heterocycles. The van der Waals surface area contributed by atoms with Crippen LogP contribution in [0.4, 0.5) is 5.95 Å². The second-order valence-electron chi connectivity index (χ2n) is 8.94. The molecule has 9 heteroatoms. The molecule has 0 bridgehead atoms. The molecule has 196 valence electrons. The molecule has 0 spiro atoms. The van der Waals surface area contributed by atoms with Gasteiger partial charge in [0.1, 0.15) is 0 Å². The number of phenolic OH excluding ortho intramolecular Hbond substituents is 1. The lowest BCUT2D eigenvalue weighted by molar-refractivity contribution is -0.153. The van der Waals surface area contributed by atoms with E-state index >= 15 is 0 Å². The number of aromatic nitrogens is 2. The molecule has 4 aromatic rings. The largest absolute Gasteiger partial charge is 0.502 e. The monoisotopic (exact) mass is 515 g/mol. The number of carbonyl (C=O) groups excluding carboxylic acids is 2. The van der Waals surface area contributed by atoms with Gasteiger partial charge in [-0.1, -0.05) is 42.5 Å². The lowest BCUT2D eigenvalue weighted by atomic mass is 9.88. The number of ether oxygens (including phenoxy) is 3. The lowest BCUT2D eigenvalue weighted by Crippen LogP contribution is -2.50. The first-order valence-corrected chi connectivity index (χ1v) is 12.4. The van der Waals surface area contributed by atoms with E-state index in [0.717, 1.165) is 11.1 Å². The van der Waals surface area contributed by atoms with Crippen molar-refractivity contribution in [1.82, 2.24) is 9.55 Å². The molecule has 3 aromatic carbocycles.